The molecule has 86 valence electrons. The number of fused-ring (bicyclic) bond motifs is 1. The average Bonchev–Trinajstić information content (AvgIpc) is 2.35. The summed E-state index contributed by atoms with van der Waals surface area (Å²) >= 11 is 0. The molecule has 1 heterocycles. The molecule has 0 spiro atoms. The zero-order valence-corrected chi connectivity index (χ0v) is 9.09. The summed E-state index contributed by atoms with van der Waals surface area (Å²) in [6, 6.07) is 4.94. The van der Waals surface area contributed by atoms with Gasteiger partial charge in [-0.25, -0.2) is 0 Å². The van der Waals surface area contributed by atoms with Gasteiger partial charge < -0.3 is 5.32 Å². The zero-order chi connectivity index (χ0) is 12.3. The Morgan fingerprint density at radius 1 is 1.41 bits per heavy atom. The third-order valence-corrected chi connectivity index (χ3v) is 2.43. The molecule has 2 rings (SSSR count). The third-order valence-electron chi connectivity index (χ3n) is 2.43. The van der Waals surface area contributed by atoms with Crippen LogP contribution in [0.25, 0.3) is 10.8 Å². The van der Waals surface area contributed by atoms with Crippen molar-refractivity contribution in [1.29, 1.82) is 0 Å². The van der Waals surface area contributed by atoms with Crippen LogP contribution in [0.1, 0.15) is 0 Å². The molecule has 0 amide bonds. The summed E-state index contributed by atoms with van der Waals surface area (Å²) in [5.41, 5.74) is 0.908. The minimum Gasteiger partial charge on any atom is -0.381 e. The number of benzene rings is 1. The van der Waals surface area contributed by atoms with Gasteiger partial charge in [0.2, 0.25) is 0 Å². The Bertz CT molecular complexity index is 581. The molecule has 0 atom stereocenters. The summed E-state index contributed by atoms with van der Waals surface area (Å²) in [6.45, 7) is 4.22. The summed E-state index contributed by atoms with van der Waals surface area (Å²) < 4.78 is 0. The Balaban J connectivity index is 2.61. The van der Waals surface area contributed by atoms with Gasteiger partial charge in [-0.2, -0.15) is 0 Å². The van der Waals surface area contributed by atoms with Gasteiger partial charge >= 0.3 is 0 Å². The standard InChI is InChI=1S/C12H11N3O2/c1-2-6-14-11-3-4-12(15(16)17)10-8-13-7-5-9(10)11/h2-5,7-8,14H,1,6H2. The summed E-state index contributed by atoms with van der Waals surface area (Å²) in [4.78, 5) is 14.4. The molecule has 17 heavy (non-hydrogen) atoms. The molecular weight excluding hydrogens is 218 g/mol. The smallest absolute Gasteiger partial charge is 0.278 e. The first kappa shape index (κ1) is 11.1. The summed E-state index contributed by atoms with van der Waals surface area (Å²) in [5, 5.41) is 15.3. The maximum Gasteiger partial charge on any atom is 0.278 e. The Hall–Kier alpha value is -2.43. The highest BCUT2D eigenvalue weighted by Crippen LogP contribution is 2.30. The second kappa shape index (κ2) is 4.61. The predicted octanol–water partition coefficient (Wildman–Crippen LogP) is 2.74. The fraction of sp³-hybridized carbons (Fsp3) is 0.0833. The van der Waals surface area contributed by atoms with E-state index in [1.165, 1.54) is 12.3 Å². The van der Waals surface area contributed by atoms with Crippen molar-refractivity contribution in [3.05, 3.63) is 53.4 Å². The van der Waals surface area contributed by atoms with Crippen molar-refractivity contribution in [1.82, 2.24) is 4.98 Å². The maximum absolute atomic E-state index is 10.9. The normalized spacial score (nSPS) is 10.1. The number of anilines is 1. The van der Waals surface area contributed by atoms with Crippen LogP contribution in [0.15, 0.2) is 43.2 Å². The summed E-state index contributed by atoms with van der Waals surface area (Å²) in [7, 11) is 0. The number of nitrogens with one attached hydrogen (secondary N) is 1. The Labute approximate surface area is 97.9 Å². The van der Waals surface area contributed by atoms with Crippen LogP contribution >= 0.6 is 0 Å². The molecule has 5 heteroatoms. The number of nitro benzene ring substituents is 1. The van der Waals surface area contributed by atoms with Crippen molar-refractivity contribution in [3.63, 3.8) is 0 Å². The van der Waals surface area contributed by atoms with Crippen LogP contribution in [0.5, 0.6) is 0 Å². The summed E-state index contributed by atoms with van der Waals surface area (Å²) in [6.07, 6.45) is 4.85. The molecule has 0 unspecified atom stereocenters. The van der Waals surface area contributed by atoms with Crippen LogP contribution in [0.4, 0.5) is 11.4 Å². The van der Waals surface area contributed by atoms with Crippen molar-refractivity contribution in [2.24, 2.45) is 0 Å². The van der Waals surface area contributed by atoms with Crippen molar-refractivity contribution in [2.45, 2.75) is 0 Å². The Morgan fingerprint density at radius 2 is 2.24 bits per heavy atom. The first-order valence-electron chi connectivity index (χ1n) is 5.10. The van der Waals surface area contributed by atoms with E-state index in [-0.39, 0.29) is 5.69 Å². The average molecular weight is 229 g/mol. The van der Waals surface area contributed by atoms with Gasteiger partial charge in [0.05, 0.1) is 10.3 Å². The lowest BCUT2D eigenvalue weighted by Crippen LogP contribution is -1.99. The highest BCUT2D eigenvalue weighted by atomic mass is 16.6. The third kappa shape index (κ3) is 2.08. The molecule has 2 aromatic rings. The van der Waals surface area contributed by atoms with E-state index in [4.69, 9.17) is 0 Å². The van der Waals surface area contributed by atoms with E-state index >= 15 is 0 Å². The highest BCUT2D eigenvalue weighted by molar-refractivity contribution is 5.99. The number of non-ortho nitro benzene ring substituents is 1. The number of hydrogen-bond donors (Lipinski definition) is 1. The van der Waals surface area contributed by atoms with E-state index in [0.29, 0.717) is 11.9 Å². The molecular formula is C12H11N3O2. The molecule has 0 aliphatic rings. The predicted molar refractivity (Wildman–Crippen MR) is 67.1 cm³/mol. The SMILES string of the molecule is C=CCNc1ccc([N+](=O)[O-])c2cnccc12. The number of nitro groups is 1. The second-order valence-electron chi connectivity index (χ2n) is 3.48. The van der Waals surface area contributed by atoms with Gasteiger partial charge in [0.25, 0.3) is 5.69 Å². The van der Waals surface area contributed by atoms with Crippen molar-refractivity contribution >= 4 is 22.1 Å². The van der Waals surface area contributed by atoms with Gasteiger partial charge in [-0.05, 0) is 12.1 Å². The van der Waals surface area contributed by atoms with Gasteiger partial charge in [0.1, 0.15) is 0 Å². The zero-order valence-electron chi connectivity index (χ0n) is 9.09. The number of rotatable bonds is 4. The first-order chi connectivity index (χ1) is 8.24. The first-order valence-corrected chi connectivity index (χ1v) is 5.10. The van der Waals surface area contributed by atoms with Gasteiger partial charge in [-0.1, -0.05) is 6.08 Å². The van der Waals surface area contributed by atoms with E-state index < -0.39 is 4.92 Å². The molecule has 0 saturated heterocycles. The lowest BCUT2D eigenvalue weighted by molar-refractivity contribution is -0.383. The Morgan fingerprint density at radius 3 is 2.94 bits per heavy atom. The number of hydrogen-bond acceptors (Lipinski definition) is 4. The molecule has 1 aromatic carbocycles. The monoisotopic (exact) mass is 229 g/mol. The van der Waals surface area contributed by atoms with E-state index in [1.54, 1.807) is 24.4 Å². The fourth-order valence-electron chi connectivity index (χ4n) is 1.67. The minimum absolute atomic E-state index is 0.0669. The van der Waals surface area contributed by atoms with E-state index in [1.807, 2.05) is 0 Å². The van der Waals surface area contributed by atoms with Crippen LogP contribution in [0, 0.1) is 10.1 Å². The van der Waals surface area contributed by atoms with Gasteiger partial charge in [-0.15, -0.1) is 6.58 Å². The second-order valence-corrected chi connectivity index (χ2v) is 3.48. The largest absolute Gasteiger partial charge is 0.381 e. The quantitative estimate of drug-likeness (QED) is 0.497. The molecule has 5 nitrogen and oxygen atoms in total. The number of aromatic nitrogens is 1. The van der Waals surface area contributed by atoms with Crippen LogP contribution in [0.3, 0.4) is 0 Å². The van der Waals surface area contributed by atoms with Crippen LogP contribution in [0.2, 0.25) is 0 Å². The molecule has 0 radical (unpaired) electrons. The topological polar surface area (TPSA) is 68.1 Å². The number of pyridine rings is 1. The molecule has 0 fully saturated rings. The van der Waals surface area contributed by atoms with Crippen molar-refractivity contribution < 1.29 is 4.92 Å². The lowest BCUT2D eigenvalue weighted by Gasteiger charge is -2.07. The fourth-order valence-corrected chi connectivity index (χ4v) is 1.67. The Kier molecular flexibility index (Phi) is 3.00. The van der Waals surface area contributed by atoms with Gasteiger partial charge in [0.15, 0.2) is 0 Å². The van der Waals surface area contributed by atoms with E-state index in [2.05, 4.69) is 16.9 Å². The van der Waals surface area contributed by atoms with Crippen LogP contribution in [-0.2, 0) is 0 Å². The molecule has 0 saturated carbocycles. The molecule has 1 aromatic heterocycles. The lowest BCUT2D eigenvalue weighted by atomic mass is 10.1. The molecule has 0 bridgehead atoms. The van der Waals surface area contributed by atoms with E-state index in [0.717, 1.165) is 11.1 Å². The van der Waals surface area contributed by atoms with Gasteiger partial charge in [0, 0.05) is 36.1 Å². The summed E-state index contributed by atoms with van der Waals surface area (Å²) in [5.74, 6) is 0. The molecule has 1 N–H and O–H groups in total. The highest BCUT2D eigenvalue weighted by Gasteiger charge is 2.13. The molecule has 0 aliphatic carbocycles. The van der Waals surface area contributed by atoms with Crippen molar-refractivity contribution in [2.75, 3.05) is 11.9 Å². The minimum atomic E-state index is -0.401. The van der Waals surface area contributed by atoms with Crippen LogP contribution < -0.4 is 5.32 Å². The maximum atomic E-state index is 10.9. The van der Waals surface area contributed by atoms with Gasteiger partial charge in [-0.3, -0.25) is 15.1 Å². The number of nitrogens with zero attached hydrogens (tertiary/aromatic N) is 2. The van der Waals surface area contributed by atoms with Crippen molar-refractivity contribution in [3.8, 4) is 0 Å². The van der Waals surface area contributed by atoms with E-state index in [9.17, 15) is 10.1 Å². The molecule has 0 aliphatic heterocycles. The van der Waals surface area contributed by atoms with Crippen LogP contribution in [-0.4, -0.2) is 16.5 Å².